The van der Waals surface area contributed by atoms with E-state index in [0.29, 0.717) is 0 Å². The molecular formula is C42H72O36. The summed E-state index contributed by atoms with van der Waals surface area (Å²) in [5.41, 5.74) is 0. The van der Waals surface area contributed by atoms with Crippen LogP contribution in [0, 0.1) is 0 Å². The van der Waals surface area contributed by atoms with Crippen LogP contribution >= 0.6 is 0 Å². The summed E-state index contributed by atoms with van der Waals surface area (Å²) < 4.78 is 71.9. The van der Waals surface area contributed by atoms with Crippen molar-refractivity contribution in [1.82, 2.24) is 0 Å². The quantitative estimate of drug-likeness (QED) is 0.0571. The molecule has 78 heavy (non-hydrogen) atoms. The van der Waals surface area contributed by atoms with Crippen LogP contribution in [0.1, 0.15) is 0 Å². The van der Waals surface area contributed by atoms with Gasteiger partial charge in [-0.1, -0.05) is 0 Å². The molecule has 0 spiro atoms. The largest absolute Gasteiger partial charge is 0.394 e. The smallest absolute Gasteiger partial charge is 0.187 e. The third-order valence-corrected chi connectivity index (χ3v) is 14.5. The topological polar surface area (TPSA) is 585 Å². The summed E-state index contributed by atoms with van der Waals surface area (Å²) in [6.45, 7) is -6.86. The van der Waals surface area contributed by atoms with Crippen molar-refractivity contribution in [2.45, 2.75) is 215 Å². The first-order valence-electron chi connectivity index (χ1n) is 24.7. The van der Waals surface area contributed by atoms with E-state index in [1.165, 1.54) is 0 Å². The van der Waals surface area contributed by atoms with Gasteiger partial charge in [-0.3, -0.25) is 0 Å². The summed E-state index contributed by atoms with van der Waals surface area (Å²) in [5, 5.41) is 243. The van der Waals surface area contributed by atoms with Crippen molar-refractivity contribution in [2.24, 2.45) is 0 Å². The van der Waals surface area contributed by atoms with Gasteiger partial charge in [-0.25, -0.2) is 0 Å². The maximum atomic E-state index is 11.3. The average Bonchev–Trinajstić information content (AvgIpc) is 3.44. The zero-order valence-corrected chi connectivity index (χ0v) is 40.8. The molecule has 7 aliphatic heterocycles. The van der Waals surface area contributed by atoms with E-state index in [0.717, 1.165) is 0 Å². The fraction of sp³-hybridized carbons (Fsp3) is 1.00. The zero-order chi connectivity index (χ0) is 57.3. The molecule has 7 saturated heterocycles. The van der Waals surface area contributed by atoms with Crippen LogP contribution in [0.2, 0.25) is 0 Å². The van der Waals surface area contributed by atoms with E-state index < -0.39 is 261 Å². The molecule has 35 atom stereocenters. The first-order chi connectivity index (χ1) is 37.0. The van der Waals surface area contributed by atoms with Crippen molar-refractivity contribution >= 4 is 0 Å². The average molecular weight is 1150 g/mol. The molecule has 0 aromatic carbocycles. The second-order valence-electron chi connectivity index (χ2n) is 19.6. The van der Waals surface area contributed by atoms with Gasteiger partial charge in [-0.2, -0.15) is 0 Å². The molecule has 0 bridgehead atoms. The summed E-state index contributed by atoms with van der Waals surface area (Å²) in [6.07, 6.45) is -67.4. The lowest BCUT2D eigenvalue weighted by molar-refractivity contribution is -0.398. The monoisotopic (exact) mass is 1150 g/mol. The van der Waals surface area contributed by atoms with Gasteiger partial charge in [0.15, 0.2) is 44.0 Å². The van der Waals surface area contributed by atoms with Crippen LogP contribution in [0.3, 0.4) is 0 Å². The lowest BCUT2D eigenvalue weighted by Gasteiger charge is -2.50. The molecule has 0 amide bonds. The van der Waals surface area contributed by atoms with E-state index >= 15 is 0 Å². The Morgan fingerprint density at radius 1 is 0.192 bits per heavy atom. The maximum absolute atomic E-state index is 11.3. The molecular weight excluding hydrogens is 1080 g/mol. The van der Waals surface area contributed by atoms with Gasteiger partial charge in [-0.05, 0) is 0 Å². The van der Waals surface area contributed by atoms with Gasteiger partial charge >= 0.3 is 0 Å². The van der Waals surface area contributed by atoms with E-state index in [9.17, 15) is 117 Å². The van der Waals surface area contributed by atoms with Crippen LogP contribution in [0.5, 0.6) is 0 Å². The number of aliphatic hydroxyl groups excluding tert-OH is 23. The Morgan fingerprint density at radius 3 is 0.590 bits per heavy atom. The standard InChI is InChI=1S/C42H72O36/c43-1-8-15(50)16(51)24(59)37(67-8)74-31-10(3-45)69-39(26(61)18(31)53)76-33-12(5-47)71-41(28(63)20(33)55)78-35-14(7-49)72-42(29(64)22(35)57)77-34-13(6-48)70-40(27(62)21(34)56)75-32-11(4-46)68-38(25(60)19(32)54)73-30-9(2-44)66-36(65)23(58)17(30)52/h8-65H,1-7H2/t8-,9+,10-,11+,12-,13+,14+,15-,16+,17+,18-,19+,20-,21+,22+,23+,24-,25+,26-,27+,28-,29+,30+,31-,32+,33-,34+,35+,36?,37-,38+,39-,40+,41-,42+/m0/s1. The molecule has 0 saturated carbocycles. The van der Waals surface area contributed by atoms with Crippen LogP contribution in [-0.4, -0.2) is 379 Å². The highest BCUT2D eigenvalue weighted by molar-refractivity contribution is 5.01. The summed E-state index contributed by atoms with van der Waals surface area (Å²) in [6, 6.07) is 0. The number of rotatable bonds is 19. The van der Waals surface area contributed by atoms with Gasteiger partial charge in [0.25, 0.3) is 0 Å². The van der Waals surface area contributed by atoms with E-state index in [4.69, 9.17) is 61.6 Å². The van der Waals surface area contributed by atoms with Crippen LogP contribution in [0.15, 0.2) is 0 Å². The Morgan fingerprint density at radius 2 is 0.372 bits per heavy atom. The maximum Gasteiger partial charge on any atom is 0.187 e. The summed E-state index contributed by atoms with van der Waals surface area (Å²) >= 11 is 0. The molecule has 0 radical (unpaired) electrons. The molecule has 7 rings (SSSR count). The number of hydrogen-bond donors (Lipinski definition) is 23. The molecule has 7 fully saturated rings. The Balaban J connectivity index is 0.947. The van der Waals surface area contributed by atoms with Gasteiger partial charge < -0.3 is 179 Å². The highest BCUT2D eigenvalue weighted by Crippen LogP contribution is 2.37. The molecule has 7 aliphatic rings. The molecule has 7 heterocycles. The Hall–Kier alpha value is -1.44. The zero-order valence-electron chi connectivity index (χ0n) is 40.8. The summed E-state index contributed by atoms with van der Waals surface area (Å²) in [5.74, 6) is 0. The van der Waals surface area contributed by atoms with Gasteiger partial charge in [-0.15, -0.1) is 0 Å². The SMILES string of the molecule is OC[C@@H]1O[C@@H](O[C@@H]2[C@@H](O)[C@H](O)[C@H](O[C@@H]3[C@@H](O)[C@H](O)[C@H](O[C@H]4[C@H](O)[C@@H](O)[C@@H](O[C@H]5[C@H](O)[C@@H](O)[C@@H](O[C@H]6[C@H](O)[C@@H](O)[C@@H](O[C@H]7[C@H](O)[C@@H](O)C(O)O[C@@H]7CO)O[C@@H]6CO)O[C@@H]5CO)O[C@@H]4CO)O[C@H]3CO)O[C@H]2CO)[C@@H](O)[C@H](O)[C@H]1O. The van der Waals surface area contributed by atoms with Crippen LogP contribution in [0.4, 0.5) is 0 Å². The highest BCUT2D eigenvalue weighted by Gasteiger charge is 2.58. The fourth-order valence-corrected chi connectivity index (χ4v) is 10.0. The number of ether oxygens (including phenoxy) is 13. The lowest BCUT2D eigenvalue weighted by Crippen LogP contribution is -2.68. The molecule has 1 unspecified atom stereocenters. The van der Waals surface area contributed by atoms with E-state index in [1.54, 1.807) is 0 Å². The summed E-state index contributed by atoms with van der Waals surface area (Å²) in [7, 11) is 0. The summed E-state index contributed by atoms with van der Waals surface area (Å²) in [4.78, 5) is 0. The van der Waals surface area contributed by atoms with Gasteiger partial charge in [0.1, 0.15) is 171 Å². The van der Waals surface area contributed by atoms with Gasteiger partial charge in [0.05, 0.1) is 46.2 Å². The van der Waals surface area contributed by atoms with Crippen molar-refractivity contribution in [2.75, 3.05) is 46.2 Å². The molecule has 23 N–H and O–H groups in total. The number of aliphatic hydroxyl groups is 23. The molecule has 0 aromatic heterocycles. The number of hydrogen-bond acceptors (Lipinski definition) is 36. The van der Waals surface area contributed by atoms with Crippen molar-refractivity contribution in [3.8, 4) is 0 Å². The van der Waals surface area contributed by atoms with Crippen molar-refractivity contribution in [1.29, 1.82) is 0 Å². The Bertz CT molecular complexity index is 1810. The minimum atomic E-state index is -2.23. The molecule has 0 aliphatic carbocycles. The third-order valence-electron chi connectivity index (χ3n) is 14.5. The third kappa shape index (κ3) is 12.9. The minimum Gasteiger partial charge on any atom is -0.394 e. The van der Waals surface area contributed by atoms with Crippen LogP contribution in [0.25, 0.3) is 0 Å². The lowest BCUT2D eigenvalue weighted by atomic mass is 9.95. The predicted molar refractivity (Wildman–Crippen MR) is 232 cm³/mol. The van der Waals surface area contributed by atoms with Gasteiger partial charge in [0.2, 0.25) is 0 Å². The highest BCUT2D eigenvalue weighted by atomic mass is 16.8. The predicted octanol–water partition coefficient (Wildman–Crippen LogP) is -16.3. The van der Waals surface area contributed by atoms with Crippen LogP contribution < -0.4 is 0 Å². The van der Waals surface area contributed by atoms with E-state index in [2.05, 4.69) is 0 Å². The fourth-order valence-electron chi connectivity index (χ4n) is 10.0. The van der Waals surface area contributed by atoms with Crippen molar-refractivity contribution < 1.29 is 179 Å². The normalized spacial score (nSPS) is 53.5. The Kier molecular flexibility index (Phi) is 22.6. The molecule has 0 aromatic rings. The Labute approximate surface area is 439 Å². The first kappa shape index (κ1) is 64.1. The van der Waals surface area contributed by atoms with Crippen molar-refractivity contribution in [3.05, 3.63) is 0 Å². The second kappa shape index (κ2) is 27.5. The second-order valence-corrected chi connectivity index (χ2v) is 19.6. The molecule has 36 nitrogen and oxygen atoms in total. The van der Waals surface area contributed by atoms with Crippen LogP contribution in [-0.2, 0) is 61.6 Å². The van der Waals surface area contributed by atoms with Crippen molar-refractivity contribution in [3.63, 3.8) is 0 Å². The molecule has 36 heteroatoms. The van der Waals surface area contributed by atoms with Gasteiger partial charge in [0, 0.05) is 0 Å². The molecule has 456 valence electrons. The van der Waals surface area contributed by atoms with E-state index in [-0.39, 0.29) is 0 Å². The first-order valence-corrected chi connectivity index (χ1v) is 24.7. The minimum absolute atomic E-state index is 0.843. The van der Waals surface area contributed by atoms with E-state index in [1.807, 2.05) is 0 Å².